The highest BCUT2D eigenvalue weighted by molar-refractivity contribution is 6.03. The van der Waals surface area contributed by atoms with Gasteiger partial charge in [0.2, 0.25) is 5.91 Å². The molecule has 4 N–H and O–H groups in total. The van der Waals surface area contributed by atoms with Gasteiger partial charge in [0.15, 0.2) is 0 Å². The van der Waals surface area contributed by atoms with Crippen molar-refractivity contribution in [1.82, 2.24) is 25.1 Å². The summed E-state index contributed by atoms with van der Waals surface area (Å²) in [6.07, 6.45) is 1.05. The van der Waals surface area contributed by atoms with Crippen molar-refractivity contribution in [2.24, 2.45) is 0 Å². The van der Waals surface area contributed by atoms with Crippen molar-refractivity contribution in [1.29, 1.82) is 0 Å². The minimum absolute atomic E-state index is 0.0727. The number of benzene rings is 3. The largest absolute Gasteiger partial charge is 0.505 e. The number of rotatable bonds is 6. The van der Waals surface area contributed by atoms with Crippen molar-refractivity contribution < 1.29 is 19.5 Å². The van der Waals surface area contributed by atoms with Crippen LogP contribution in [0, 0.1) is 0 Å². The SMILES string of the molecule is CN(C(=O)NCc1ccccc1)N1CC(=O)N2/C(=C/c3ccccc3)C(=O)N(Cc3cccc(N)c3O)C[C@@H]21. The Morgan fingerprint density at radius 1 is 1.05 bits per heavy atom. The summed E-state index contributed by atoms with van der Waals surface area (Å²) in [6, 6.07) is 23.4. The number of nitrogen functional groups attached to an aromatic ring is 1. The van der Waals surface area contributed by atoms with E-state index in [2.05, 4.69) is 5.32 Å². The Labute approximate surface area is 226 Å². The third-order valence-corrected chi connectivity index (χ3v) is 6.94. The average molecular weight is 527 g/mol. The maximum absolute atomic E-state index is 13.7. The molecule has 5 rings (SSSR count). The number of nitrogens with two attached hydrogens (primary N) is 1. The highest BCUT2D eigenvalue weighted by atomic mass is 16.3. The third-order valence-electron chi connectivity index (χ3n) is 6.94. The molecule has 2 fully saturated rings. The highest BCUT2D eigenvalue weighted by Gasteiger charge is 2.49. The van der Waals surface area contributed by atoms with Gasteiger partial charge in [-0.1, -0.05) is 72.8 Å². The second kappa shape index (κ2) is 10.9. The van der Waals surface area contributed by atoms with Gasteiger partial charge in [0.05, 0.1) is 12.2 Å². The fraction of sp³-hybridized carbons (Fsp3) is 0.207. The molecule has 1 atom stereocenters. The van der Waals surface area contributed by atoms with Crippen molar-refractivity contribution in [2.45, 2.75) is 19.3 Å². The predicted molar refractivity (Wildman–Crippen MR) is 146 cm³/mol. The molecule has 39 heavy (non-hydrogen) atoms. The summed E-state index contributed by atoms with van der Waals surface area (Å²) < 4.78 is 0. The zero-order valence-corrected chi connectivity index (χ0v) is 21.5. The lowest BCUT2D eigenvalue weighted by atomic mass is 10.1. The van der Waals surface area contributed by atoms with Gasteiger partial charge in [0, 0.05) is 25.7 Å². The van der Waals surface area contributed by atoms with E-state index < -0.39 is 6.17 Å². The first-order valence-electron chi connectivity index (χ1n) is 12.6. The Morgan fingerprint density at radius 2 is 1.74 bits per heavy atom. The number of anilines is 1. The lowest BCUT2D eigenvalue weighted by Crippen LogP contribution is -2.60. The van der Waals surface area contributed by atoms with Crippen LogP contribution in [-0.2, 0) is 22.7 Å². The number of nitrogens with zero attached hydrogens (tertiary/aromatic N) is 4. The maximum atomic E-state index is 13.7. The van der Waals surface area contributed by atoms with Crippen LogP contribution in [0.5, 0.6) is 5.75 Å². The second-order valence-electron chi connectivity index (χ2n) is 9.49. The molecular formula is C29H30N6O4. The zero-order valence-electron chi connectivity index (χ0n) is 21.5. The predicted octanol–water partition coefficient (Wildman–Crippen LogP) is 2.58. The van der Waals surface area contributed by atoms with E-state index in [9.17, 15) is 19.5 Å². The first-order chi connectivity index (χ1) is 18.8. The van der Waals surface area contributed by atoms with E-state index >= 15 is 0 Å². The molecule has 2 aliphatic heterocycles. The molecule has 0 spiro atoms. The Morgan fingerprint density at radius 3 is 2.46 bits per heavy atom. The van der Waals surface area contributed by atoms with Crippen LogP contribution in [0.1, 0.15) is 16.7 Å². The number of hydrogen-bond acceptors (Lipinski definition) is 6. The van der Waals surface area contributed by atoms with Crippen LogP contribution in [0.3, 0.4) is 0 Å². The molecule has 10 nitrogen and oxygen atoms in total. The van der Waals surface area contributed by atoms with Gasteiger partial charge in [0.1, 0.15) is 24.2 Å². The number of hydrogen-bond donors (Lipinski definition) is 3. The number of urea groups is 1. The van der Waals surface area contributed by atoms with Gasteiger partial charge in [-0.3, -0.25) is 19.5 Å². The quantitative estimate of drug-likeness (QED) is 0.258. The number of carbonyl (C=O) groups is 3. The zero-order chi connectivity index (χ0) is 27.5. The third kappa shape index (κ3) is 5.27. The number of nitrogens with one attached hydrogen (secondary N) is 1. The summed E-state index contributed by atoms with van der Waals surface area (Å²) >= 11 is 0. The molecule has 0 unspecified atom stereocenters. The molecule has 2 aliphatic rings. The molecule has 0 saturated carbocycles. The van der Waals surface area contributed by atoms with E-state index in [-0.39, 0.29) is 54.6 Å². The van der Waals surface area contributed by atoms with E-state index in [0.29, 0.717) is 12.1 Å². The monoisotopic (exact) mass is 526 g/mol. The average Bonchev–Trinajstić information content (AvgIpc) is 3.28. The first kappa shape index (κ1) is 25.8. The number of phenols is 1. The van der Waals surface area contributed by atoms with Crippen LogP contribution < -0.4 is 11.1 Å². The molecule has 3 aromatic carbocycles. The minimum atomic E-state index is -0.624. The standard InChI is InChI=1S/C29H30N6O4/c1-32(29(39)31-16-21-11-6-3-7-12-21)34-19-26(36)35-24(15-20-9-4-2-5-10-20)28(38)33(18-25(34)35)17-22-13-8-14-23(30)27(22)37/h2-15,25,37H,16-19,30H2,1H3,(H,31,39)/b24-15+/t25-/m1/s1. The van der Waals surface area contributed by atoms with Gasteiger partial charge >= 0.3 is 6.03 Å². The summed E-state index contributed by atoms with van der Waals surface area (Å²) in [5.41, 5.74) is 8.49. The minimum Gasteiger partial charge on any atom is -0.505 e. The van der Waals surface area contributed by atoms with Crippen LogP contribution in [0.4, 0.5) is 10.5 Å². The lowest BCUT2D eigenvalue weighted by molar-refractivity contribution is -0.142. The fourth-order valence-electron chi connectivity index (χ4n) is 4.87. The van der Waals surface area contributed by atoms with Crippen molar-refractivity contribution in [3.63, 3.8) is 0 Å². The van der Waals surface area contributed by atoms with E-state index in [1.165, 1.54) is 9.91 Å². The van der Waals surface area contributed by atoms with Gasteiger partial charge in [-0.25, -0.2) is 4.79 Å². The molecule has 3 aromatic rings. The Bertz CT molecular complexity index is 1410. The number of aromatic hydroxyl groups is 1. The van der Waals surface area contributed by atoms with Gasteiger partial charge in [-0.15, -0.1) is 0 Å². The summed E-state index contributed by atoms with van der Waals surface area (Å²) in [5, 5.41) is 16.4. The van der Waals surface area contributed by atoms with Crippen LogP contribution >= 0.6 is 0 Å². The Hall–Kier alpha value is -4.83. The first-order valence-corrected chi connectivity index (χ1v) is 12.6. The van der Waals surface area contributed by atoms with Crippen LogP contribution in [0.15, 0.2) is 84.6 Å². The number of hydrazine groups is 1. The van der Waals surface area contributed by atoms with Crippen LogP contribution in [0.2, 0.25) is 0 Å². The van der Waals surface area contributed by atoms with Crippen LogP contribution in [-0.4, -0.2) is 69.1 Å². The van der Waals surface area contributed by atoms with Gasteiger partial charge in [-0.05, 0) is 23.3 Å². The highest BCUT2D eigenvalue weighted by Crippen LogP contribution is 2.33. The summed E-state index contributed by atoms with van der Waals surface area (Å²) in [4.78, 5) is 43.1. The topological polar surface area (TPSA) is 122 Å². The van der Waals surface area contributed by atoms with E-state index in [4.69, 9.17) is 5.73 Å². The number of fused-ring (bicyclic) bond motifs is 1. The molecule has 0 bridgehead atoms. The van der Waals surface area contributed by atoms with Crippen LogP contribution in [0.25, 0.3) is 6.08 Å². The number of carbonyl (C=O) groups excluding carboxylic acids is 3. The van der Waals surface area contributed by atoms with Gasteiger partial charge in [0.25, 0.3) is 5.91 Å². The Balaban J connectivity index is 1.44. The summed E-state index contributed by atoms with van der Waals surface area (Å²) in [6.45, 7) is 0.467. The van der Waals surface area contributed by atoms with Crippen molar-refractivity contribution in [3.05, 3.63) is 101 Å². The molecule has 0 radical (unpaired) electrons. The second-order valence-corrected chi connectivity index (χ2v) is 9.49. The van der Waals surface area contributed by atoms with Gasteiger partial charge in [-0.2, -0.15) is 5.01 Å². The molecule has 200 valence electrons. The number of para-hydroxylation sites is 1. The molecule has 2 heterocycles. The van der Waals surface area contributed by atoms with Gasteiger partial charge < -0.3 is 21.1 Å². The maximum Gasteiger partial charge on any atom is 0.332 e. The summed E-state index contributed by atoms with van der Waals surface area (Å²) in [5.74, 6) is -0.730. The number of piperazine rings is 1. The smallest absolute Gasteiger partial charge is 0.332 e. The fourth-order valence-corrected chi connectivity index (χ4v) is 4.87. The number of phenolic OH excluding ortho intramolecular Hbond substituents is 1. The molecule has 0 aromatic heterocycles. The molecular weight excluding hydrogens is 496 g/mol. The van der Waals surface area contributed by atoms with Crippen molar-refractivity contribution in [3.8, 4) is 5.75 Å². The van der Waals surface area contributed by atoms with Crippen molar-refractivity contribution >= 4 is 29.6 Å². The van der Waals surface area contributed by atoms with E-state index in [0.717, 1.165) is 11.1 Å². The number of amides is 4. The molecule has 0 aliphatic carbocycles. The normalized spacial score (nSPS) is 18.4. The van der Waals surface area contributed by atoms with E-state index in [1.807, 2.05) is 60.7 Å². The molecule has 10 heteroatoms. The van der Waals surface area contributed by atoms with E-state index in [1.54, 1.807) is 41.2 Å². The molecule has 2 saturated heterocycles. The summed E-state index contributed by atoms with van der Waals surface area (Å²) in [7, 11) is 1.60. The van der Waals surface area contributed by atoms with Crippen molar-refractivity contribution in [2.75, 3.05) is 25.9 Å². The molecule has 4 amide bonds. The Kier molecular flexibility index (Phi) is 7.20. The lowest BCUT2D eigenvalue weighted by Gasteiger charge is -2.42.